The molecule has 0 spiro atoms. The number of ketones is 1. The standard InChI is InChI=1S/C18H33N3O/c1-9-11-16(10-2)17(12-13(3)4)20-18(21(8)19-7)14(5)15(6)22/h9-11,13,17,19-20H,12H2,1-8H3/b11-9-,16-10+,18-14+/t17-/m1/s1. The van der Waals surface area contributed by atoms with Crippen LogP contribution in [0.25, 0.3) is 0 Å². The van der Waals surface area contributed by atoms with E-state index in [4.69, 9.17) is 0 Å². The molecule has 0 radical (unpaired) electrons. The summed E-state index contributed by atoms with van der Waals surface area (Å²) in [6.45, 7) is 11.9. The van der Waals surface area contributed by atoms with E-state index < -0.39 is 0 Å². The highest BCUT2D eigenvalue weighted by Crippen LogP contribution is 2.17. The monoisotopic (exact) mass is 307 g/mol. The highest BCUT2D eigenvalue weighted by Gasteiger charge is 2.19. The van der Waals surface area contributed by atoms with E-state index in [0.717, 1.165) is 17.8 Å². The van der Waals surface area contributed by atoms with Gasteiger partial charge in [-0.2, -0.15) is 0 Å². The van der Waals surface area contributed by atoms with Crippen LogP contribution in [0.15, 0.2) is 35.2 Å². The lowest BCUT2D eigenvalue weighted by Crippen LogP contribution is -2.43. The van der Waals surface area contributed by atoms with Crippen LogP contribution < -0.4 is 10.7 Å². The van der Waals surface area contributed by atoms with Crippen molar-refractivity contribution < 1.29 is 4.79 Å². The van der Waals surface area contributed by atoms with Gasteiger partial charge in [0.05, 0.1) is 6.04 Å². The van der Waals surface area contributed by atoms with Crippen molar-refractivity contribution in [1.29, 1.82) is 0 Å². The zero-order valence-corrected chi connectivity index (χ0v) is 15.4. The zero-order chi connectivity index (χ0) is 17.3. The molecule has 0 heterocycles. The summed E-state index contributed by atoms with van der Waals surface area (Å²) in [6.07, 6.45) is 7.30. The van der Waals surface area contributed by atoms with Gasteiger partial charge in [-0.1, -0.05) is 32.1 Å². The fraction of sp³-hybridized carbons (Fsp3) is 0.611. The first-order valence-corrected chi connectivity index (χ1v) is 7.96. The Morgan fingerprint density at radius 1 is 1.23 bits per heavy atom. The molecule has 0 rings (SSSR count). The molecule has 4 nitrogen and oxygen atoms in total. The molecule has 4 heteroatoms. The predicted molar refractivity (Wildman–Crippen MR) is 95.2 cm³/mol. The number of carbonyl (C=O) groups is 1. The summed E-state index contributed by atoms with van der Waals surface area (Å²) in [6, 6.07) is 0.168. The molecule has 0 fully saturated rings. The highest BCUT2D eigenvalue weighted by atomic mass is 16.1. The van der Waals surface area contributed by atoms with Crippen LogP contribution in [-0.2, 0) is 4.79 Å². The van der Waals surface area contributed by atoms with Gasteiger partial charge in [-0.15, -0.1) is 0 Å². The molecule has 0 saturated carbocycles. The zero-order valence-electron chi connectivity index (χ0n) is 15.4. The quantitative estimate of drug-likeness (QED) is 0.389. The third-order valence-electron chi connectivity index (χ3n) is 3.67. The number of nitrogens with zero attached hydrogens (tertiary/aromatic N) is 1. The van der Waals surface area contributed by atoms with E-state index in [9.17, 15) is 4.79 Å². The minimum Gasteiger partial charge on any atom is -0.364 e. The van der Waals surface area contributed by atoms with E-state index in [1.54, 1.807) is 6.92 Å². The summed E-state index contributed by atoms with van der Waals surface area (Å²) >= 11 is 0. The van der Waals surface area contributed by atoms with Gasteiger partial charge < -0.3 is 5.32 Å². The van der Waals surface area contributed by atoms with E-state index in [1.165, 1.54) is 5.57 Å². The fourth-order valence-electron chi connectivity index (χ4n) is 2.26. The Balaban J connectivity index is 5.65. The third kappa shape index (κ3) is 6.48. The number of Topliss-reactive ketones (excluding diaryl/α,β-unsaturated/α-hetero) is 1. The van der Waals surface area contributed by atoms with Gasteiger partial charge in [0.1, 0.15) is 5.82 Å². The Morgan fingerprint density at radius 2 is 1.82 bits per heavy atom. The second-order valence-electron chi connectivity index (χ2n) is 5.93. The largest absolute Gasteiger partial charge is 0.364 e. The van der Waals surface area contributed by atoms with E-state index in [0.29, 0.717) is 5.92 Å². The molecule has 126 valence electrons. The molecule has 22 heavy (non-hydrogen) atoms. The second kappa shape index (κ2) is 10.2. The van der Waals surface area contributed by atoms with Crippen LogP contribution in [-0.4, -0.2) is 30.9 Å². The Kier molecular flexibility index (Phi) is 9.50. The molecule has 0 aromatic carbocycles. The summed E-state index contributed by atoms with van der Waals surface area (Å²) in [5.41, 5.74) is 5.03. The molecule has 0 bridgehead atoms. The van der Waals surface area contributed by atoms with Crippen LogP contribution in [0.1, 0.15) is 48.0 Å². The van der Waals surface area contributed by atoms with Gasteiger partial charge in [0.15, 0.2) is 5.78 Å². The van der Waals surface area contributed by atoms with Crippen LogP contribution in [0.5, 0.6) is 0 Å². The average Bonchev–Trinajstić information content (AvgIpc) is 2.47. The van der Waals surface area contributed by atoms with Gasteiger partial charge in [0.2, 0.25) is 0 Å². The van der Waals surface area contributed by atoms with Crippen molar-refractivity contribution in [1.82, 2.24) is 15.8 Å². The average molecular weight is 307 g/mol. The van der Waals surface area contributed by atoms with Crippen LogP contribution in [0.4, 0.5) is 0 Å². The van der Waals surface area contributed by atoms with Gasteiger partial charge in [-0.25, -0.2) is 5.43 Å². The van der Waals surface area contributed by atoms with Crippen molar-refractivity contribution in [3.05, 3.63) is 35.2 Å². The van der Waals surface area contributed by atoms with Crippen LogP contribution in [0.2, 0.25) is 0 Å². The molecule has 0 unspecified atom stereocenters. The summed E-state index contributed by atoms with van der Waals surface area (Å²) in [4.78, 5) is 11.8. The van der Waals surface area contributed by atoms with Gasteiger partial charge in [-0.05, 0) is 45.6 Å². The normalized spacial score (nSPS) is 15.0. The van der Waals surface area contributed by atoms with Gasteiger partial charge in [0.25, 0.3) is 0 Å². The minimum atomic E-state index is 0.0703. The molecule has 0 saturated heterocycles. The van der Waals surface area contributed by atoms with Gasteiger partial charge in [0, 0.05) is 19.7 Å². The van der Waals surface area contributed by atoms with Crippen molar-refractivity contribution in [2.45, 2.75) is 54.0 Å². The van der Waals surface area contributed by atoms with Gasteiger partial charge in [-0.3, -0.25) is 9.80 Å². The molecule has 0 aliphatic heterocycles. The van der Waals surface area contributed by atoms with E-state index >= 15 is 0 Å². The van der Waals surface area contributed by atoms with Crippen molar-refractivity contribution >= 4 is 5.78 Å². The molecule has 0 aliphatic carbocycles. The number of hydrogen-bond acceptors (Lipinski definition) is 4. The first-order chi connectivity index (χ1) is 10.3. The number of carbonyl (C=O) groups excluding carboxylic acids is 1. The molecule has 0 aromatic rings. The van der Waals surface area contributed by atoms with E-state index in [-0.39, 0.29) is 11.8 Å². The lowest BCUT2D eigenvalue weighted by molar-refractivity contribution is -0.113. The van der Waals surface area contributed by atoms with Crippen molar-refractivity contribution in [3.8, 4) is 0 Å². The molecule has 2 N–H and O–H groups in total. The maximum atomic E-state index is 11.8. The molecular weight excluding hydrogens is 274 g/mol. The Hall–Kier alpha value is -1.55. The van der Waals surface area contributed by atoms with Crippen LogP contribution >= 0.6 is 0 Å². The van der Waals surface area contributed by atoms with Crippen LogP contribution in [0.3, 0.4) is 0 Å². The van der Waals surface area contributed by atoms with Crippen molar-refractivity contribution in [2.75, 3.05) is 14.1 Å². The highest BCUT2D eigenvalue weighted by molar-refractivity contribution is 5.93. The smallest absolute Gasteiger partial charge is 0.159 e. The Morgan fingerprint density at radius 3 is 2.18 bits per heavy atom. The maximum Gasteiger partial charge on any atom is 0.159 e. The minimum absolute atomic E-state index is 0.0703. The summed E-state index contributed by atoms with van der Waals surface area (Å²) < 4.78 is 0. The van der Waals surface area contributed by atoms with Crippen molar-refractivity contribution in [3.63, 3.8) is 0 Å². The fourth-order valence-corrected chi connectivity index (χ4v) is 2.26. The van der Waals surface area contributed by atoms with E-state index in [2.05, 4.69) is 36.7 Å². The predicted octanol–water partition coefficient (Wildman–Crippen LogP) is 3.40. The SMILES string of the molecule is C/C=C\C(=C/C)[C@@H](CC(C)C)N/C(=C(/C)C(C)=O)N(C)NC. The van der Waals surface area contributed by atoms with Gasteiger partial charge >= 0.3 is 0 Å². The number of allylic oxidation sites excluding steroid dienone is 3. The first kappa shape index (κ1) is 20.5. The lowest BCUT2D eigenvalue weighted by Gasteiger charge is -2.30. The van der Waals surface area contributed by atoms with Crippen molar-refractivity contribution in [2.24, 2.45) is 5.92 Å². The molecular formula is C18H33N3O. The molecule has 0 aromatic heterocycles. The maximum absolute atomic E-state index is 11.8. The summed E-state index contributed by atoms with van der Waals surface area (Å²) in [5.74, 6) is 1.45. The molecule has 0 aliphatic rings. The molecule has 0 amide bonds. The van der Waals surface area contributed by atoms with E-state index in [1.807, 2.05) is 46.0 Å². The lowest BCUT2D eigenvalue weighted by atomic mass is 9.96. The topological polar surface area (TPSA) is 44.4 Å². The number of hydrazine groups is 1. The Labute approximate surface area is 136 Å². The first-order valence-electron chi connectivity index (χ1n) is 7.96. The third-order valence-corrected chi connectivity index (χ3v) is 3.67. The number of hydrogen-bond donors (Lipinski definition) is 2. The second-order valence-corrected chi connectivity index (χ2v) is 5.93. The Bertz CT molecular complexity index is 447. The molecule has 1 atom stereocenters. The number of nitrogens with one attached hydrogen (secondary N) is 2. The number of rotatable bonds is 9. The summed E-state index contributed by atoms with van der Waals surface area (Å²) in [7, 11) is 3.75. The summed E-state index contributed by atoms with van der Waals surface area (Å²) in [5, 5.41) is 5.41. The van der Waals surface area contributed by atoms with Crippen LogP contribution in [0, 0.1) is 5.92 Å².